The molecule has 0 aliphatic heterocycles. The highest BCUT2D eigenvalue weighted by Gasteiger charge is 2.12. The van der Waals surface area contributed by atoms with Gasteiger partial charge in [-0.05, 0) is 26.8 Å². The van der Waals surface area contributed by atoms with Crippen LogP contribution in [-0.2, 0) is 0 Å². The number of ether oxygens (including phenoxy) is 1. The average molecular weight is 233 g/mol. The Hall–Kier alpha value is -2.11. The third kappa shape index (κ3) is 2.35. The van der Waals surface area contributed by atoms with E-state index in [1.807, 2.05) is 26.8 Å². The molecule has 0 saturated carbocycles. The van der Waals surface area contributed by atoms with Crippen molar-refractivity contribution in [2.24, 2.45) is 0 Å². The van der Waals surface area contributed by atoms with Crippen molar-refractivity contribution in [3.8, 4) is 11.7 Å². The van der Waals surface area contributed by atoms with Gasteiger partial charge in [0.05, 0.1) is 11.8 Å². The van der Waals surface area contributed by atoms with Gasteiger partial charge in [0.15, 0.2) is 5.82 Å². The second-order valence-corrected chi connectivity index (χ2v) is 3.98. The Kier molecular flexibility index (Phi) is 2.95. The molecule has 0 aromatic carbocycles. The summed E-state index contributed by atoms with van der Waals surface area (Å²) >= 11 is 0. The number of rotatable bonds is 3. The molecule has 0 atom stereocenters. The van der Waals surface area contributed by atoms with Crippen LogP contribution in [0.4, 0.5) is 5.69 Å². The second-order valence-electron chi connectivity index (χ2n) is 3.98. The van der Waals surface area contributed by atoms with Gasteiger partial charge in [0, 0.05) is 6.20 Å². The van der Waals surface area contributed by atoms with Crippen molar-refractivity contribution in [3.63, 3.8) is 0 Å². The van der Waals surface area contributed by atoms with E-state index in [4.69, 9.17) is 10.5 Å². The number of hydrogen-bond acceptors (Lipinski definition) is 5. The summed E-state index contributed by atoms with van der Waals surface area (Å²) in [4.78, 5) is 8.13. The minimum Gasteiger partial charge on any atom is -0.473 e. The molecule has 0 fully saturated rings. The molecule has 6 heteroatoms. The Bertz CT molecular complexity index is 520. The molecule has 0 amide bonds. The summed E-state index contributed by atoms with van der Waals surface area (Å²) in [5.74, 6) is 0.918. The molecule has 2 N–H and O–H groups in total. The molecular formula is C11H15N5O. The molecule has 0 spiro atoms. The minimum atomic E-state index is 0.0133. The number of nitrogen functional groups attached to an aromatic ring is 1. The molecule has 2 aromatic rings. The van der Waals surface area contributed by atoms with Crippen LogP contribution in [0.1, 0.15) is 19.5 Å². The lowest BCUT2D eigenvalue weighted by molar-refractivity contribution is 0.233. The summed E-state index contributed by atoms with van der Waals surface area (Å²) in [5, 5.41) is 4.25. The average Bonchev–Trinajstić information content (AvgIpc) is 2.67. The van der Waals surface area contributed by atoms with Gasteiger partial charge in [0.2, 0.25) is 5.88 Å². The van der Waals surface area contributed by atoms with E-state index < -0.39 is 0 Å². The maximum atomic E-state index is 5.96. The van der Waals surface area contributed by atoms with Gasteiger partial charge in [-0.2, -0.15) is 10.1 Å². The second kappa shape index (κ2) is 4.40. The quantitative estimate of drug-likeness (QED) is 0.865. The van der Waals surface area contributed by atoms with E-state index in [0.29, 0.717) is 17.4 Å². The van der Waals surface area contributed by atoms with E-state index in [1.54, 1.807) is 10.9 Å². The van der Waals surface area contributed by atoms with Crippen molar-refractivity contribution < 1.29 is 4.74 Å². The van der Waals surface area contributed by atoms with Gasteiger partial charge in [0.25, 0.3) is 0 Å². The van der Waals surface area contributed by atoms with Gasteiger partial charge in [-0.3, -0.25) is 0 Å². The van der Waals surface area contributed by atoms with Crippen LogP contribution in [-0.4, -0.2) is 25.9 Å². The highest BCUT2D eigenvalue weighted by atomic mass is 16.5. The number of hydrogen-bond donors (Lipinski definition) is 1. The third-order valence-electron chi connectivity index (χ3n) is 2.11. The molecule has 0 unspecified atom stereocenters. The zero-order valence-electron chi connectivity index (χ0n) is 10.1. The molecular weight excluding hydrogens is 218 g/mol. The molecule has 6 nitrogen and oxygen atoms in total. The summed E-state index contributed by atoms with van der Waals surface area (Å²) in [6.45, 7) is 5.73. The number of anilines is 1. The summed E-state index contributed by atoms with van der Waals surface area (Å²) in [7, 11) is 0. The molecule has 0 bridgehead atoms. The smallest absolute Gasteiger partial charge is 0.242 e. The van der Waals surface area contributed by atoms with Gasteiger partial charge in [-0.1, -0.05) is 0 Å². The first kappa shape index (κ1) is 11.4. The maximum Gasteiger partial charge on any atom is 0.242 e. The van der Waals surface area contributed by atoms with E-state index in [2.05, 4.69) is 15.1 Å². The lowest BCUT2D eigenvalue weighted by Gasteiger charge is -2.12. The van der Waals surface area contributed by atoms with Crippen LogP contribution in [0, 0.1) is 6.92 Å². The first-order valence-corrected chi connectivity index (χ1v) is 5.37. The number of nitrogens with zero attached hydrogens (tertiary/aromatic N) is 4. The first-order chi connectivity index (χ1) is 8.08. The van der Waals surface area contributed by atoms with Gasteiger partial charge < -0.3 is 10.5 Å². The first-order valence-electron chi connectivity index (χ1n) is 5.37. The van der Waals surface area contributed by atoms with Crippen LogP contribution in [0.25, 0.3) is 5.82 Å². The topological polar surface area (TPSA) is 78.8 Å². The highest BCUT2D eigenvalue weighted by Crippen LogP contribution is 2.23. The standard InChI is InChI=1S/C11H15N5O/c1-7(2)17-11-9(12)10(13-6-14-11)16-5-4-8(3)15-16/h4-7H,12H2,1-3H3. The largest absolute Gasteiger partial charge is 0.473 e. The number of aryl methyl sites for hydroxylation is 1. The zero-order chi connectivity index (χ0) is 12.4. The van der Waals surface area contributed by atoms with Crippen LogP contribution in [0.15, 0.2) is 18.6 Å². The normalized spacial score (nSPS) is 10.8. The molecule has 2 heterocycles. The number of aromatic nitrogens is 4. The van der Waals surface area contributed by atoms with Crippen molar-refractivity contribution >= 4 is 5.69 Å². The van der Waals surface area contributed by atoms with Crippen molar-refractivity contribution in [1.29, 1.82) is 0 Å². The Balaban J connectivity index is 2.42. The SMILES string of the molecule is Cc1ccn(-c2ncnc(OC(C)C)c2N)n1. The Morgan fingerprint density at radius 2 is 2.12 bits per heavy atom. The molecule has 0 aliphatic rings. The van der Waals surface area contributed by atoms with E-state index in [-0.39, 0.29) is 6.10 Å². The fourth-order valence-electron chi connectivity index (χ4n) is 1.40. The zero-order valence-corrected chi connectivity index (χ0v) is 10.1. The molecule has 0 radical (unpaired) electrons. The molecule has 0 saturated heterocycles. The molecule has 2 aromatic heterocycles. The lowest BCUT2D eigenvalue weighted by Crippen LogP contribution is -2.12. The van der Waals surface area contributed by atoms with Gasteiger partial charge in [-0.15, -0.1) is 0 Å². The van der Waals surface area contributed by atoms with Gasteiger partial charge >= 0.3 is 0 Å². The molecule has 17 heavy (non-hydrogen) atoms. The van der Waals surface area contributed by atoms with E-state index in [1.165, 1.54) is 6.33 Å². The van der Waals surface area contributed by atoms with Crippen LogP contribution >= 0.6 is 0 Å². The lowest BCUT2D eigenvalue weighted by atomic mass is 10.4. The van der Waals surface area contributed by atoms with E-state index in [0.717, 1.165) is 5.69 Å². The fourth-order valence-corrected chi connectivity index (χ4v) is 1.40. The highest BCUT2D eigenvalue weighted by molar-refractivity contribution is 5.59. The van der Waals surface area contributed by atoms with Gasteiger partial charge in [-0.25, -0.2) is 9.67 Å². The van der Waals surface area contributed by atoms with Crippen molar-refractivity contribution in [2.45, 2.75) is 26.9 Å². The van der Waals surface area contributed by atoms with Crippen LogP contribution in [0.5, 0.6) is 5.88 Å². The Morgan fingerprint density at radius 3 is 2.71 bits per heavy atom. The maximum absolute atomic E-state index is 5.96. The fraction of sp³-hybridized carbons (Fsp3) is 0.364. The summed E-state index contributed by atoms with van der Waals surface area (Å²) in [6.07, 6.45) is 3.23. The predicted molar refractivity (Wildman–Crippen MR) is 64.1 cm³/mol. The van der Waals surface area contributed by atoms with Crippen molar-refractivity contribution in [2.75, 3.05) is 5.73 Å². The van der Waals surface area contributed by atoms with Crippen molar-refractivity contribution in [1.82, 2.24) is 19.7 Å². The summed E-state index contributed by atoms with van der Waals surface area (Å²) in [5.41, 5.74) is 7.25. The van der Waals surface area contributed by atoms with E-state index in [9.17, 15) is 0 Å². The Labute approximate surface area is 99.4 Å². The Morgan fingerprint density at radius 1 is 1.35 bits per heavy atom. The third-order valence-corrected chi connectivity index (χ3v) is 2.11. The predicted octanol–water partition coefficient (Wildman–Crippen LogP) is 1.34. The molecule has 0 aliphatic carbocycles. The van der Waals surface area contributed by atoms with E-state index >= 15 is 0 Å². The summed E-state index contributed by atoms with van der Waals surface area (Å²) in [6, 6.07) is 1.88. The summed E-state index contributed by atoms with van der Waals surface area (Å²) < 4.78 is 7.11. The van der Waals surface area contributed by atoms with Gasteiger partial charge in [0.1, 0.15) is 12.0 Å². The number of nitrogens with two attached hydrogens (primary N) is 1. The van der Waals surface area contributed by atoms with Crippen LogP contribution in [0.2, 0.25) is 0 Å². The minimum absolute atomic E-state index is 0.0133. The monoisotopic (exact) mass is 233 g/mol. The van der Waals surface area contributed by atoms with Crippen LogP contribution in [0.3, 0.4) is 0 Å². The molecule has 90 valence electrons. The molecule has 2 rings (SSSR count). The van der Waals surface area contributed by atoms with Crippen LogP contribution < -0.4 is 10.5 Å². The van der Waals surface area contributed by atoms with Crippen molar-refractivity contribution in [3.05, 3.63) is 24.3 Å².